The number of amides is 1. The minimum Gasteiger partial charge on any atom is -0.307 e. The fourth-order valence-electron chi connectivity index (χ4n) is 2.81. The van der Waals surface area contributed by atoms with Gasteiger partial charge in [0.2, 0.25) is 0 Å². The molecule has 2 aliphatic rings. The molecule has 0 radical (unpaired) electrons. The predicted octanol–water partition coefficient (Wildman–Crippen LogP) is 3.41. The van der Waals surface area contributed by atoms with Gasteiger partial charge in [-0.1, -0.05) is 72.5 Å². The van der Waals surface area contributed by atoms with Gasteiger partial charge >= 0.3 is 0 Å². The second-order valence-corrected chi connectivity index (χ2v) is 6.66. The number of fused-ring (bicyclic) bond motifs is 3. The van der Waals surface area contributed by atoms with Gasteiger partial charge in [0.15, 0.2) is 5.78 Å². The molecule has 1 aliphatic heterocycles. The van der Waals surface area contributed by atoms with E-state index in [1.165, 1.54) is 0 Å². The molecule has 0 aromatic heterocycles. The summed E-state index contributed by atoms with van der Waals surface area (Å²) in [4.78, 5) is 25.4. The number of Topliss-reactive ketones (excluding diaryl/α,β-unsaturated/α-hetero) is 1. The van der Waals surface area contributed by atoms with E-state index < -0.39 is 0 Å². The van der Waals surface area contributed by atoms with Gasteiger partial charge in [0.1, 0.15) is 4.32 Å². The molecule has 22 heavy (non-hydrogen) atoms. The first-order valence-electron chi connectivity index (χ1n) is 6.68. The highest BCUT2D eigenvalue weighted by atomic mass is 32.2. The number of nitrogens with one attached hydrogen (secondary N) is 1. The number of thiocarbonyl (C=S) groups is 1. The van der Waals surface area contributed by atoms with Crippen LogP contribution in [-0.2, 0) is 4.79 Å². The fourth-order valence-corrected chi connectivity index (χ4v) is 3.93. The summed E-state index contributed by atoms with van der Waals surface area (Å²) in [6.07, 6.45) is 0. The van der Waals surface area contributed by atoms with Gasteiger partial charge in [0.25, 0.3) is 5.91 Å². The van der Waals surface area contributed by atoms with Crippen LogP contribution in [0.2, 0.25) is 0 Å². The van der Waals surface area contributed by atoms with E-state index in [9.17, 15) is 9.59 Å². The third kappa shape index (κ3) is 1.86. The Hall–Kier alpha value is -2.24. The zero-order valence-electron chi connectivity index (χ0n) is 11.3. The molecular formula is C17H9NO2S2. The largest absolute Gasteiger partial charge is 0.307 e. The highest BCUT2D eigenvalue weighted by Crippen LogP contribution is 2.43. The lowest BCUT2D eigenvalue weighted by Gasteiger charge is -2.21. The second kappa shape index (κ2) is 4.90. The lowest BCUT2D eigenvalue weighted by atomic mass is 9.81. The Morgan fingerprint density at radius 2 is 1.36 bits per heavy atom. The summed E-state index contributed by atoms with van der Waals surface area (Å²) in [6.45, 7) is 0. The van der Waals surface area contributed by atoms with E-state index in [1.54, 1.807) is 6.07 Å². The first-order chi connectivity index (χ1) is 10.7. The quantitative estimate of drug-likeness (QED) is 0.596. The number of rotatable bonds is 0. The third-order valence-electron chi connectivity index (χ3n) is 3.73. The molecule has 3 nitrogen and oxygen atoms in total. The SMILES string of the molecule is O=C1NC(=S)S/C1=C1\C(=O)c2ccccc2-c2ccccc21. The summed E-state index contributed by atoms with van der Waals surface area (Å²) >= 11 is 6.19. The van der Waals surface area contributed by atoms with Crippen molar-refractivity contribution < 1.29 is 9.59 Å². The van der Waals surface area contributed by atoms with Crippen molar-refractivity contribution in [3.63, 3.8) is 0 Å². The average Bonchev–Trinajstić information content (AvgIpc) is 2.86. The van der Waals surface area contributed by atoms with Crippen LogP contribution < -0.4 is 5.32 Å². The van der Waals surface area contributed by atoms with Gasteiger partial charge in [-0.3, -0.25) is 9.59 Å². The zero-order valence-corrected chi connectivity index (χ0v) is 12.9. The summed E-state index contributed by atoms with van der Waals surface area (Å²) in [7, 11) is 0. The molecule has 1 amide bonds. The molecule has 0 unspecified atom stereocenters. The number of allylic oxidation sites excluding steroid dienone is 1. The molecule has 1 aliphatic carbocycles. The molecular weight excluding hydrogens is 314 g/mol. The molecule has 2 aromatic rings. The molecule has 0 bridgehead atoms. The van der Waals surface area contributed by atoms with Crippen LogP contribution in [0.25, 0.3) is 16.7 Å². The van der Waals surface area contributed by atoms with E-state index in [2.05, 4.69) is 5.32 Å². The van der Waals surface area contributed by atoms with Crippen LogP contribution in [0.3, 0.4) is 0 Å². The molecule has 1 fully saturated rings. The van der Waals surface area contributed by atoms with E-state index in [-0.39, 0.29) is 11.7 Å². The number of ketones is 1. The number of carbonyl (C=O) groups excluding carboxylic acids is 2. The van der Waals surface area contributed by atoms with E-state index in [4.69, 9.17) is 12.2 Å². The molecule has 0 spiro atoms. The highest BCUT2D eigenvalue weighted by Gasteiger charge is 2.34. The van der Waals surface area contributed by atoms with Gasteiger partial charge in [0.05, 0.1) is 4.91 Å². The molecule has 5 heteroatoms. The first-order valence-corrected chi connectivity index (χ1v) is 7.90. The minimum atomic E-state index is -0.299. The van der Waals surface area contributed by atoms with E-state index in [0.717, 1.165) is 28.5 Å². The topological polar surface area (TPSA) is 46.2 Å². The zero-order chi connectivity index (χ0) is 15.3. The van der Waals surface area contributed by atoms with Gasteiger partial charge in [-0.25, -0.2) is 0 Å². The van der Waals surface area contributed by atoms with Gasteiger partial charge in [-0.2, -0.15) is 0 Å². The summed E-state index contributed by atoms with van der Waals surface area (Å²) in [5, 5.41) is 2.58. The van der Waals surface area contributed by atoms with Gasteiger partial charge in [-0.05, 0) is 16.7 Å². The van der Waals surface area contributed by atoms with Crippen LogP contribution in [0.15, 0.2) is 53.4 Å². The van der Waals surface area contributed by atoms with Crippen LogP contribution in [-0.4, -0.2) is 16.0 Å². The lowest BCUT2D eigenvalue weighted by molar-refractivity contribution is -0.115. The predicted molar refractivity (Wildman–Crippen MR) is 91.5 cm³/mol. The summed E-state index contributed by atoms with van der Waals surface area (Å²) in [6, 6.07) is 15.1. The van der Waals surface area contributed by atoms with Gasteiger partial charge < -0.3 is 5.32 Å². The maximum Gasteiger partial charge on any atom is 0.264 e. The number of hydrogen-bond acceptors (Lipinski definition) is 4. The minimum absolute atomic E-state index is 0.128. The first kappa shape index (κ1) is 13.4. The number of thioether (sulfide) groups is 1. The van der Waals surface area contributed by atoms with Crippen molar-refractivity contribution in [1.29, 1.82) is 0 Å². The Morgan fingerprint density at radius 3 is 1.95 bits per heavy atom. The van der Waals surface area contributed by atoms with Crippen molar-refractivity contribution in [3.8, 4) is 11.1 Å². The van der Waals surface area contributed by atoms with Gasteiger partial charge in [0, 0.05) is 11.1 Å². The monoisotopic (exact) mass is 323 g/mol. The summed E-state index contributed by atoms with van der Waals surface area (Å²) < 4.78 is 0.386. The third-order valence-corrected chi connectivity index (χ3v) is 4.96. The number of benzene rings is 2. The number of hydrogen-bond donors (Lipinski definition) is 1. The number of carbonyl (C=O) groups is 2. The Balaban J connectivity index is 2.07. The molecule has 1 N–H and O–H groups in total. The van der Waals surface area contributed by atoms with Crippen LogP contribution in [0.1, 0.15) is 15.9 Å². The van der Waals surface area contributed by atoms with Crippen molar-refractivity contribution in [1.82, 2.24) is 5.32 Å². The van der Waals surface area contributed by atoms with E-state index in [0.29, 0.717) is 20.4 Å². The smallest absolute Gasteiger partial charge is 0.264 e. The maximum absolute atomic E-state index is 12.9. The van der Waals surface area contributed by atoms with Gasteiger partial charge in [-0.15, -0.1) is 0 Å². The highest BCUT2D eigenvalue weighted by molar-refractivity contribution is 8.27. The average molecular weight is 323 g/mol. The summed E-state index contributed by atoms with van der Waals surface area (Å²) in [5.74, 6) is -0.427. The van der Waals surface area contributed by atoms with Crippen LogP contribution in [0.5, 0.6) is 0 Å². The molecule has 2 aromatic carbocycles. The van der Waals surface area contributed by atoms with E-state index >= 15 is 0 Å². The van der Waals surface area contributed by atoms with Crippen molar-refractivity contribution >= 4 is 45.6 Å². The van der Waals surface area contributed by atoms with Crippen molar-refractivity contribution in [2.75, 3.05) is 0 Å². The molecule has 1 saturated heterocycles. The van der Waals surface area contributed by atoms with E-state index in [1.807, 2.05) is 42.5 Å². The standard InChI is InChI=1S/C17H9NO2S2/c19-14-12-8-4-2-6-10(12)9-5-1-3-7-11(9)13(14)15-16(20)18-17(21)22-15/h1-8H,(H,18,20,21)/b15-13-. The van der Waals surface area contributed by atoms with Crippen molar-refractivity contribution in [2.24, 2.45) is 0 Å². The molecule has 0 saturated carbocycles. The molecule has 0 atom stereocenters. The normalized spacial score (nSPS) is 19.7. The Bertz CT molecular complexity index is 899. The van der Waals surface area contributed by atoms with Crippen molar-refractivity contribution in [3.05, 3.63) is 64.6 Å². The Kier molecular flexibility index (Phi) is 2.99. The molecule has 4 rings (SSSR count). The second-order valence-electron chi connectivity index (χ2n) is 4.97. The molecule has 1 heterocycles. The maximum atomic E-state index is 12.9. The van der Waals surface area contributed by atoms with Crippen LogP contribution in [0, 0.1) is 0 Å². The fraction of sp³-hybridized carbons (Fsp3) is 0. The molecule has 106 valence electrons. The van der Waals surface area contributed by atoms with Crippen LogP contribution >= 0.6 is 24.0 Å². The van der Waals surface area contributed by atoms with Crippen LogP contribution in [0.4, 0.5) is 0 Å². The van der Waals surface area contributed by atoms with Crippen molar-refractivity contribution in [2.45, 2.75) is 0 Å². The Labute approximate surface area is 136 Å². The lowest BCUT2D eigenvalue weighted by Crippen LogP contribution is -2.20. The summed E-state index contributed by atoms with van der Waals surface area (Å²) in [5.41, 5.74) is 3.71. The Morgan fingerprint density at radius 1 is 0.818 bits per heavy atom.